The van der Waals surface area contributed by atoms with Gasteiger partial charge in [-0.25, -0.2) is 0 Å². The number of anilines is 1. The van der Waals surface area contributed by atoms with Crippen LogP contribution in [0.2, 0.25) is 0 Å². The number of hydrogen-bond acceptors (Lipinski definition) is 3. The van der Waals surface area contributed by atoms with Gasteiger partial charge in [0.1, 0.15) is 0 Å². The zero-order valence-corrected chi connectivity index (χ0v) is 15.5. The van der Waals surface area contributed by atoms with Crippen molar-refractivity contribution < 1.29 is 9.59 Å². The van der Waals surface area contributed by atoms with Gasteiger partial charge < -0.3 is 16.0 Å². The molecule has 1 fully saturated rings. The summed E-state index contributed by atoms with van der Waals surface area (Å²) in [6.07, 6.45) is 1.58. The highest BCUT2D eigenvalue weighted by Gasteiger charge is 2.38. The minimum absolute atomic E-state index is 0.0197. The van der Waals surface area contributed by atoms with E-state index in [1.54, 1.807) is 0 Å². The van der Waals surface area contributed by atoms with Crippen molar-refractivity contribution in [1.82, 2.24) is 10.6 Å². The van der Waals surface area contributed by atoms with Gasteiger partial charge in [-0.3, -0.25) is 9.59 Å². The van der Waals surface area contributed by atoms with Gasteiger partial charge in [-0.15, -0.1) is 0 Å². The maximum atomic E-state index is 12.3. The van der Waals surface area contributed by atoms with Gasteiger partial charge in [0.15, 0.2) is 0 Å². The lowest BCUT2D eigenvalue weighted by Gasteiger charge is -2.46. The fourth-order valence-electron chi connectivity index (χ4n) is 3.91. The largest absolute Gasteiger partial charge is 0.345 e. The summed E-state index contributed by atoms with van der Waals surface area (Å²) < 4.78 is 0. The van der Waals surface area contributed by atoms with Crippen molar-refractivity contribution in [1.29, 1.82) is 0 Å². The molecule has 0 unspecified atom stereocenters. The van der Waals surface area contributed by atoms with Gasteiger partial charge in [-0.2, -0.15) is 0 Å². The number of hydrogen-bond donors (Lipinski definition) is 3. The second-order valence-corrected chi connectivity index (χ2v) is 8.30. The van der Waals surface area contributed by atoms with Gasteiger partial charge in [-0.1, -0.05) is 6.07 Å². The van der Waals surface area contributed by atoms with Gasteiger partial charge in [-0.05, 0) is 77.6 Å². The van der Waals surface area contributed by atoms with E-state index in [0.717, 1.165) is 24.0 Å². The molecule has 0 saturated carbocycles. The SMILES string of the molecule is Cc1cc(C)cc(NC(=O)C(=O)NC2CC(C)(C)NC(C)(C)C2)c1. The molecule has 2 amide bonds. The van der Waals surface area contributed by atoms with Crippen LogP contribution >= 0.6 is 0 Å². The lowest BCUT2D eigenvalue weighted by atomic mass is 9.79. The van der Waals surface area contributed by atoms with Crippen molar-refractivity contribution in [2.24, 2.45) is 0 Å². The van der Waals surface area contributed by atoms with Crippen LogP contribution in [0.4, 0.5) is 5.69 Å². The van der Waals surface area contributed by atoms with Crippen molar-refractivity contribution in [2.75, 3.05) is 5.32 Å². The first-order valence-corrected chi connectivity index (χ1v) is 8.45. The van der Waals surface area contributed by atoms with Crippen LogP contribution < -0.4 is 16.0 Å². The molecule has 1 aliphatic heterocycles. The minimum atomic E-state index is -0.617. The first-order chi connectivity index (χ1) is 11.0. The number of carbonyl (C=O) groups excluding carboxylic acids is 2. The van der Waals surface area contributed by atoms with E-state index in [9.17, 15) is 9.59 Å². The molecule has 1 aliphatic rings. The first-order valence-electron chi connectivity index (χ1n) is 8.45. The average Bonchev–Trinajstić information content (AvgIpc) is 2.32. The molecule has 1 aromatic rings. The summed E-state index contributed by atoms with van der Waals surface area (Å²) in [6, 6.07) is 5.72. The van der Waals surface area contributed by atoms with Crippen molar-refractivity contribution in [3.8, 4) is 0 Å². The second kappa shape index (κ2) is 6.55. The van der Waals surface area contributed by atoms with Crippen molar-refractivity contribution in [3.05, 3.63) is 29.3 Å². The molecule has 0 spiro atoms. The van der Waals surface area contributed by atoms with E-state index in [-0.39, 0.29) is 17.1 Å². The molecule has 0 aliphatic carbocycles. The Morgan fingerprint density at radius 2 is 1.46 bits per heavy atom. The summed E-state index contributed by atoms with van der Waals surface area (Å²) >= 11 is 0. The quantitative estimate of drug-likeness (QED) is 0.730. The lowest BCUT2D eigenvalue weighted by molar-refractivity contribution is -0.137. The number of carbonyl (C=O) groups is 2. The lowest BCUT2D eigenvalue weighted by Crippen LogP contribution is -2.62. The van der Waals surface area contributed by atoms with Crippen LogP contribution in [0.5, 0.6) is 0 Å². The molecule has 132 valence electrons. The fourth-order valence-corrected chi connectivity index (χ4v) is 3.91. The van der Waals surface area contributed by atoms with Gasteiger partial charge in [0.25, 0.3) is 0 Å². The summed E-state index contributed by atoms with van der Waals surface area (Å²) in [6.45, 7) is 12.4. The van der Waals surface area contributed by atoms with Crippen LogP contribution in [0.25, 0.3) is 0 Å². The zero-order chi connectivity index (χ0) is 18.1. The predicted octanol–water partition coefficient (Wildman–Crippen LogP) is 2.67. The van der Waals surface area contributed by atoms with Crippen molar-refractivity contribution >= 4 is 17.5 Å². The summed E-state index contributed by atoms with van der Waals surface area (Å²) in [4.78, 5) is 24.5. The van der Waals surface area contributed by atoms with E-state index in [2.05, 4.69) is 43.6 Å². The van der Waals surface area contributed by atoms with E-state index in [0.29, 0.717) is 5.69 Å². The predicted molar refractivity (Wildman–Crippen MR) is 97.0 cm³/mol. The van der Waals surface area contributed by atoms with Crippen LogP contribution in [0.15, 0.2) is 18.2 Å². The highest BCUT2D eigenvalue weighted by molar-refractivity contribution is 6.39. The molecule has 2 rings (SSSR count). The Hall–Kier alpha value is -1.88. The van der Waals surface area contributed by atoms with Crippen LogP contribution in [-0.2, 0) is 9.59 Å². The van der Waals surface area contributed by atoms with E-state index >= 15 is 0 Å². The van der Waals surface area contributed by atoms with E-state index in [4.69, 9.17) is 0 Å². The Morgan fingerprint density at radius 3 is 1.96 bits per heavy atom. The number of rotatable bonds is 2. The minimum Gasteiger partial charge on any atom is -0.345 e. The van der Waals surface area contributed by atoms with Crippen LogP contribution in [0.3, 0.4) is 0 Å². The summed E-state index contributed by atoms with van der Waals surface area (Å²) in [5.74, 6) is -1.19. The van der Waals surface area contributed by atoms with Gasteiger partial charge >= 0.3 is 11.8 Å². The van der Waals surface area contributed by atoms with Crippen molar-refractivity contribution in [2.45, 2.75) is 71.5 Å². The third kappa shape index (κ3) is 5.06. The molecule has 0 aromatic heterocycles. The zero-order valence-electron chi connectivity index (χ0n) is 15.5. The number of benzene rings is 1. The Bertz CT molecular complexity index is 614. The maximum Gasteiger partial charge on any atom is 0.313 e. The standard InChI is InChI=1S/C19H29N3O2/c1-12-7-13(2)9-14(8-12)20-16(23)17(24)21-15-10-18(3,4)22-19(5,6)11-15/h7-9,15,22H,10-11H2,1-6H3,(H,20,23)(H,21,24). The Morgan fingerprint density at radius 1 is 0.958 bits per heavy atom. The normalized spacial score (nSPS) is 19.6. The molecule has 5 heteroatoms. The molecule has 0 radical (unpaired) electrons. The van der Waals surface area contributed by atoms with Crippen LogP contribution in [0, 0.1) is 13.8 Å². The Kier molecular flexibility index (Phi) is 5.04. The molecular weight excluding hydrogens is 302 g/mol. The summed E-state index contributed by atoms with van der Waals surface area (Å²) in [5, 5.41) is 9.14. The van der Waals surface area contributed by atoms with E-state index in [1.165, 1.54) is 0 Å². The monoisotopic (exact) mass is 331 g/mol. The summed E-state index contributed by atoms with van der Waals surface area (Å²) in [5.41, 5.74) is 2.59. The molecule has 0 bridgehead atoms. The number of nitrogens with one attached hydrogen (secondary N) is 3. The fraction of sp³-hybridized carbons (Fsp3) is 0.579. The summed E-state index contributed by atoms with van der Waals surface area (Å²) in [7, 11) is 0. The molecule has 0 atom stereocenters. The van der Waals surface area contributed by atoms with Crippen LogP contribution in [-0.4, -0.2) is 28.9 Å². The number of amides is 2. The molecule has 5 nitrogen and oxygen atoms in total. The van der Waals surface area contributed by atoms with Gasteiger partial charge in [0.2, 0.25) is 0 Å². The van der Waals surface area contributed by atoms with Crippen LogP contribution in [0.1, 0.15) is 51.7 Å². The molecule has 3 N–H and O–H groups in total. The van der Waals surface area contributed by atoms with E-state index < -0.39 is 11.8 Å². The molecule has 1 saturated heterocycles. The Balaban J connectivity index is 2.00. The van der Waals surface area contributed by atoms with E-state index in [1.807, 2.05) is 32.0 Å². The number of piperidine rings is 1. The first kappa shape index (κ1) is 18.5. The highest BCUT2D eigenvalue weighted by Crippen LogP contribution is 2.28. The number of aryl methyl sites for hydroxylation is 2. The van der Waals surface area contributed by atoms with Crippen molar-refractivity contribution in [3.63, 3.8) is 0 Å². The smallest absolute Gasteiger partial charge is 0.313 e. The third-order valence-electron chi connectivity index (χ3n) is 4.21. The molecule has 24 heavy (non-hydrogen) atoms. The third-order valence-corrected chi connectivity index (χ3v) is 4.21. The van der Waals surface area contributed by atoms with Gasteiger partial charge in [0.05, 0.1) is 0 Å². The maximum absolute atomic E-state index is 12.3. The Labute approximate surface area is 144 Å². The highest BCUT2D eigenvalue weighted by atomic mass is 16.2. The van der Waals surface area contributed by atoms with Gasteiger partial charge in [0, 0.05) is 22.8 Å². The molecule has 1 heterocycles. The molecule has 1 aromatic carbocycles. The average molecular weight is 331 g/mol. The molecular formula is C19H29N3O2. The second-order valence-electron chi connectivity index (χ2n) is 8.30. The topological polar surface area (TPSA) is 70.2 Å².